The molecule has 0 saturated heterocycles. The van der Waals surface area contributed by atoms with Gasteiger partial charge in [-0.05, 0) is 36.4 Å². The molecule has 1 aromatic heterocycles. The maximum absolute atomic E-state index is 12.2. The van der Waals surface area contributed by atoms with Crippen LogP contribution in [0.2, 0.25) is 5.02 Å². The second kappa shape index (κ2) is 7.28. The normalized spacial score (nSPS) is 10.4. The smallest absolute Gasteiger partial charge is 0.349 e. The lowest BCUT2D eigenvalue weighted by molar-refractivity contribution is 0.0844. The van der Waals surface area contributed by atoms with Crippen LogP contribution < -0.4 is 21.2 Å². The molecule has 132 valence electrons. The third-order valence-electron chi connectivity index (χ3n) is 3.58. The summed E-state index contributed by atoms with van der Waals surface area (Å²) in [5.41, 5.74) is 3.85. The summed E-state index contributed by atoms with van der Waals surface area (Å²) in [5.74, 6) is -0.977. The molecule has 3 aromatic rings. The van der Waals surface area contributed by atoms with Gasteiger partial charge in [0.25, 0.3) is 11.8 Å². The van der Waals surface area contributed by atoms with Crippen LogP contribution in [0.15, 0.2) is 57.7 Å². The van der Waals surface area contributed by atoms with Gasteiger partial charge >= 0.3 is 5.63 Å². The highest BCUT2D eigenvalue weighted by Crippen LogP contribution is 2.24. The van der Waals surface area contributed by atoms with Gasteiger partial charge in [0, 0.05) is 16.0 Å². The zero-order valence-corrected chi connectivity index (χ0v) is 14.3. The van der Waals surface area contributed by atoms with Gasteiger partial charge in [0.2, 0.25) is 0 Å². The standard InChI is InChI=1S/C18H13ClN2O5/c1-25-14-4-2-3-11-9-13(18(24)26-15(11)14)17(23)21-20-16(22)10-5-7-12(19)8-6-10/h2-9H,1H3,(H,20,22)(H,21,23). The number of methoxy groups -OCH3 is 1. The predicted octanol–water partition coefficient (Wildman–Crippen LogP) is 2.53. The minimum atomic E-state index is -0.847. The summed E-state index contributed by atoms with van der Waals surface area (Å²) in [6, 6.07) is 12.5. The van der Waals surface area contributed by atoms with Gasteiger partial charge in [-0.2, -0.15) is 0 Å². The molecule has 2 aromatic carbocycles. The van der Waals surface area contributed by atoms with Crippen molar-refractivity contribution in [2.75, 3.05) is 7.11 Å². The fourth-order valence-corrected chi connectivity index (χ4v) is 2.42. The fourth-order valence-electron chi connectivity index (χ4n) is 2.29. The average Bonchev–Trinajstić information content (AvgIpc) is 2.65. The largest absolute Gasteiger partial charge is 0.493 e. The fraction of sp³-hybridized carbons (Fsp3) is 0.0556. The Bertz CT molecular complexity index is 1040. The number of amides is 2. The van der Waals surface area contributed by atoms with Crippen LogP contribution in [0.3, 0.4) is 0 Å². The first kappa shape index (κ1) is 17.5. The van der Waals surface area contributed by atoms with Crippen molar-refractivity contribution >= 4 is 34.4 Å². The number of para-hydroxylation sites is 1. The molecule has 0 saturated carbocycles. The summed E-state index contributed by atoms with van der Waals surface area (Å²) in [5, 5.41) is 0.993. The molecule has 0 bridgehead atoms. The maximum Gasteiger partial charge on any atom is 0.349 e. The zero-order valence-electron chi connectivity index (χ0n) is 13.5. The summed E-state index contributed by atoms with van der Waals surface area (Å²) in [6.07, 6.45) is 0. The Labute approximate surface area is 152 Å². The van der Waals surface area contributed by atoms with Crippen LogP contribution >= 0.6 is 11.6 Å². The second-order valence-corrected chi connectivity index (χ2v) is 5.68. The lowest BCUT2D eigenvalue weighted by atomic mass is 10.1. The van der Waals surface area contributed by atoms with Crippen LogP contribution in [-0.4, -0.2) is 18.9 Å². The third-order valence-corrected chi connectivity index (χ3v) is 3.84. The van der Waals surface area contributed by atoms with Crippen LogP contribution in [0.5, 0.6) is 5.75 Å². The number of halogens is 1. The molecule has 26 heavy (non-hydrogen) atoms. The Kier molecular flexibility index (Phi) is 4.90. The Morgan fingerprint density at radius 2 is 1.73 bits per heavy atom. The molecular weight excluding hydrogens is 360 g/mol. The number of nitrogens with one attached hydrogen (secondary N) is 2. The van der Waals surface area contributed by atoms with E-state index in [1.165, 1.54) is 25.3 Å². The van der Waals surface area contributed by atoms with E-state index < -0.39 is 17.4 Å². The number of carbonyl (C=O) groups is 2. The van der Waals surface area contributed by atoms with Gasteiger partial charge in [-0.15, -0.1) is 0 Å². The molecule has 0 aliphatic heterocycles. The van der Waals surface area contributed by atoms with Gasteiger partial charge in [-0.25, -0.2) is 4.79 Å². The average molecular weight is 373 g/mol. The number of benzene rings is 2. The number of hydrogen-bond donors (Lipinski definition) is 2. The van der Waals surface area contributed by atoms with Crippen molar-refractivity contribution in [2.24, 2.45) is 0 Å². The molecule has 7 nitrogen and oxygen atoms in total. The van der Waals surface area contributed by atoms with Crippen LogP contribution in [0.25, 0.3) is 11.0 Å². The molecule has 0 aliphatic rings. The molecule has 3 rings (SSSR count). The van der Waals surface area contributed by atoms with E-state index in [-0.39, 0.29) is 11.1 Å². The van der Waals surface area contributed by atoms with E-state index in [1.54, 1.807) is 30.3 Å². The first-order valence-corrected chi connectivity index (χ1v) is 7.84. The van der Waals surface area contributed by atoms with Crippen LogP contribution in [-0.2, 0) is 0 Å². The minimum Gasteiger partial charge on any atom is -0.493 e. The van der Waals surface area contributed by atoms with E-state index in [1.807, 2.05) is 0 Å². The maximum atomic E-state index is 12.2. The first-order valence-electron chi connectivity index (χ1n) is 7.46. The Morgan fingerprint density at radius 3 is 2.42 bits per heavy atom. The summed E-state index contributed by atoms with van der Waals surface area (Å²) < 4.78 is 10.3. The van der Waals surface area contributed by atoms with E-state index in [9.17, 15) is 14.4 Å². The second-order valence-electron chi connectivity index (χ2n) is 5.24. The van der Waals surface area contributed by atoms with E-state index >= 15 is 0 Å². The predicted molar refractivity (Wildman–Crippen MR) is 95.4 cm³/mol. The van der Waals surface area contributed by atoms with E-state index in [0.717, 1.165) is 0 Å². The summed E-state index contributed by atoms with van der Waals surface area (Å²) in [4.78, 5) is 36.3. The Balaban J connectivity index is 1.79. The quantitative estimate of drug-likeness (QED) is 0.544. The molecule has 2 amide bonds. The molecule has 0 fully saturated rings. The SMILES string of the molecule is COc1cccc2cc(C(=O)NNC(=O)c3ccc(Cl)cc3)c(=O)oc12. The molecule has 0 spiro atoms. The van der Waals surface area contributed by atoms with Crippen molar-refractivity contribution in [3.8, 4) is 5.75 Å². The lowest BCUT2D eigenvalue weighted by Crippen LogP contribution is -2.43. The molecule has 0 atom stereocenters. The number of ether oxygens (including phenoxy) is 1. The van der Waals surface area contributed by atoms with Crippen molar-refractivity contribution in [2.45, 2.75) is 0 Å². The van der Waals surface area contributed by atoms with Crippen molar-refractivity contribution < 1.29 is 18.7 Å². The van der Waals surface area contributed by atoms with Crippen LogP contribution in [0, 0.1) is 0 Å². The number of carbonyl (C=O) groups excluding carboxylic acids is 2. The number of rotatable bonds is 3. The molecule has 0 radical (unpaired) electrons. The number of fused-ring (bicyclic) bond motifs is 1. The number of hydrazine groups is 1. The van der Waals surface area contributed by atoms with Crippen LogP contribution in [0.1, 0.15) is 20.7 Å². The van der Waals surface area contributed by atoms with Gasteiger partial charge in [0.15, 0.2) is 11.3 Å². The van der Waals surface area contributed by atoms with Gasteiger partial charge < -0.3 is 9.15 Å². The Morgan fingerprint density at radius 1 is 1.04 bits per heavy atom. The van der Waals surface area contributed by atoms with Crippen LogP contribution in [0.4, 0.5) is 0 Å². The summed E-state index contributed by atoms with van der Waals surface area (Å²) >= 11 is 5.76. The van der Waals surface area contributed by atoms with Gasteiger partial charge in [-0.3, -0.25) is 20.4 Å². The van der Waals surface area contributed by atoms with Crippen molar-refractivity contribution in [1.29, 1.82) is 0 Å². The highest BCUT2D eigenvalue weighted by atomic mass is 35.5. The van der Waals surface area contributed by atoms with Gasteiger partial charge in [0.05, 0.1) is 7.11 Å². The highest BCUT2D eigenvalue weighted by molar-refractivity contribution is 6.30. The van der Waals surface area contributed by atoms with Crippen molar-refractivity contribution in [1.82, 2.24) is 10.9 Å². The highest BCUT2D eigenvalue weighted by Gasteiger charge is 2.16. The number of hydrogen-bond acceptors (Lipinski definition) is 5. The zero-order chi connectivity index (χ0) is 18.7. The summed E-state index contributed by atoms with van der Waals surface area (Å²) in [7, 11) is 1.45. The minimum absolute atomic E-state index is 0.238. The first-order chi connectivity index (χ1) is 12.5. The van der Waals surface area contributed by atoms with Gasteiger partial charge in [0.1, 0.15) is 5.56 Å². The van der Waals surface area contributed by atoms with E-state index in [0.29, 0.717) is 21.7 Å². The monoisotopic (exact) mass is 372 g/mol. The molecule has 0 aliphatic carbocycles. The topological polar surface area (TPSA) is 97.6 Å². The molecule has 0 unspecified atom stereocenters. The Hall–Kier alpha value is -3.32. The summed E-state index contributed by atoms with van der Waals surface area (Å²) in [6.45, 7) is 0. The van der Waals surface area contributed by atoms with E-state index in [4.69, 9.17) is 20.8 Å². The van der Waals surface area contributed by atoms with Crippen molar-refractivity contribution in [3.63, 3.8) is 0 Å². The van der Waals surface area contributed by atoms with Gasteiger partial charge in [-0.1, -0.05) is 23.7 Å². The van der Waals surface area contributed by atoms with E-state index in [2.05, 4.69) is 10.9 Å². The molecule has 1 heterocycles. The van der Waals surface area contributed by atoms with Crippen molar-refractivity contribution in [3.05, 3.63) is 75.1 Å². The molecule has 2 N–H and O–H groups in total. The third kappa shape index (κ3) is 3.52. The molecule has 8 heteroatoms. The molecular formula is C18H13ClN2O5. The lowest BCUT2D eigenvalue weighted by Gasteiger charge is -2.08.